The summed E-state index contributed by atoms with van der Waals surface area (Å²) in [6, 6.07) is 6.76. The number of para-hydroxylation sites is 1. The first-order chi connectivity index (χ1) is 9.17. The topological polar surface area (TPSA) is 41.5 Å². The van der Waals surface area contributed by atoms with Crippen LogP contribution in [0, 0.1) is 5.92 Å². The van der Waals surface area contributed by atoms with Crippen LogP contribution in [0.2, 0.25) is 0 Å². The molecule has 0 aliphatic rings. The summed E-state index contributed by atoms with van der Waals surface area (Å²) in [7, 11) is 0. The molecule has 1 aromatic carbocycles. The van der Waals surface area contributed by atoms with Gasteiger partial charge in [-0.1, -0.05) is 31.5 Å². The van der Waals surface area contributed by atoms with Crippen LogP contribution in [0.15, 0.2) is 24.3 Å². The number of rotatable bonds is 9. The Morgan fingerprint density at radius 1 is 1.32 bits per heavy atom. The van der Waals surface area contributed by atoms with E-state index < -0.39 is 6.61 Å². The molecule has 2 N–H and O–H groups in total. The van der Waals surface area contributed by atoms with Crippen molar-refractivity contribution in [3.05, 3.63) is 29.8 Å². The van der Waals surface area contributed by atoms with Gasteiger partial charge in [-0.15, -0.1) is 0 Å². The molecule has 0 saturated carbocycles. The van der Waals surface area contributed by atoms with E-state index in [2.05, 4.69) is 17.0 Å². The number of aliphatic hydroxyl groups excluding tert-OH is 1. The van der Waals surface area contributed by atoms with Gasteiger partial charge in [-0.3, -0.25) is 0 Å². The quantitative estimate of drug-likeness (QED) is 0.727. The molecule has 0 fully saturated rings. The summed E-state index contributed by atoms with van der Waals surface area (Å²) in [6.07, 6.45) is 1.72. The van der Waals surface area contributed by atoms with E-state index in [-0.39, 0.29) is 12.4 Å². The van der Waals surface area contributed by atoms with E-state index >= 15 is 0 Å². The van der Waals surface area contributed by atoms with Crippen molar-refractivity contribution in [2.24, 2.45) is 5.92 Å². The molecule has 0 radical (unpaired) electrons. The molecule has 0 saturated heterocycles. The maximum atomic E-state index is 12.2. The van der Waals surface area contributed by atoms with Crippen LogP contribution in [0.25, 0.3) is 0 Å². The van der Waals surface area contributed by atoms with Gasteiger partial charge in [0.05, 0.1) is 0 Å². The largest absolute Gasteiger partial charge is 0.434 e. The van der Waals surface area contributed by atoms with E-state index in [0.717, 1.165) is 19.4 Å². The number of nitrogens with one attached hydrogen (secondary N) is 1. The summed E-state index contributed by atoms with van der Waals surface area (Å²) in [5.74, 6) is 0.605. The van der Waals surface area contributed by atoms with Gasteiger partial charge in [-0.2, -0.15) is 8.78 Å². The minimum absolute atomic E-state index is 0.172. The molecule has 0 aliphatic carbocycles. The average molecular weight is 273 g/mol. The lowest BCUT2D eigenvalue weighted by Crippen LogP contribution is -2.23. The van der Waals surface area contributed by atoms with Gasteiger partial charge in [0, 0.05) is 18.7 Å². The van der Waals surface area contributed by atoms with Gasteiger partial charge < -0.3 is 15.2 Å². The smallest absolute Gasteiger partial charge is 0.387 e. The lowest BCUT2D eigenvalue weighted by molar-refractivity contribution is -0.0505. The fourth-order valence-electron chi connectivity index (χ4n) is 1.90. The SMILES string of the molecule is CCC(CCO)CNCc1ccccc1OC(F)F. The molecule has 0 aliphatic heterocycles. The van der Waals surface area contributed by atoms with Crippen molar-refractivity contribution in [3.8, 4) is 5.75 Å². The number of ether oxygens (including phenoxy) is 1. The first-order valence-electron chi connectivity index (χ1n) is 6.51. The van der Waals surface area contributed by atoms with E-state index in [1.807, 2.05) is 0 Å². The molecule has 5 heteroatoms. The normalized spacial score (nSPS) is 12.7. The summed E-state index contributed by atoms with van der Waals surface area (Å²) in [5.41, 5.74) is 0.710. The molecule has 0 aromatic heterocycles. The van der Waals surface area contributed by atoms with Crippen molar-refractivity contribution in [1.29, 1.82) is 0 Å². The first-order valence-corrected chi connectivity index (χ1v) is 6.51. The van der Waals surface area contributed by atoms with E-state index in [1.54, 1.807) is 18.2 Å². The van der Waals surface area contributed by atoms with Crippen LogP contribution >= 0.6 is 0 Å². The van der Waals surface area contributed by atoms with Crippen molar-refractivity contribution >= 4 is 0 Å². The minimum atomic E-state index is -2.81. The lowest BCUT2D eigenvalue weighted by Gasteiger charge is -2.15. The molecule has 0 heterocycles. The number of alkyl halides is 2. The molecule has 1 unspecified atom stereocenters. The van der Waals surface area contributed by atoms with Crippen molar-refractivity contribution in [2.45, 2.75) is 32.9 Å². The zero-order valence-corrected chi connectivity index (χ0v) is 11.1. The van der Waals surface area contributed by atoms with Crippen LogP contribution in [0.1, 0.15) is 25.3 Å². The third kappa shape index (κ3) is 5.98. The van der Waals surface area contributed by atoms with E-state index in [9.17, 15) is 8.78 Å². The van der Waals surface area contributed by atoms with E-state index in [4.69, 9.17) is 5.11 Å². The molecule has 0 spiro atoms. The molecular weight excluding hydrogens is 252 g/mol. The van der Waals surface area contributed by atoms with Crippen LogP contribution < -0.4 is 10.1 Å². The van der Waals surface area contributed by atoms with Crippen LogP contribution in [-0.4, -0.2) is 24.9 Å². The molecule has 3 nitrogen and oxygen atoms in total. The summed E-state index contributed by atoms with van der Waals surface area (Å²) < 4.78 is 28.9. The Bertz CT molecular complexity index is 361. The zero-order chi connectivity index (χ0) is 14.1. The fourth-order valence-corrected chi connectivity index (χ4v) is 1.90. The van der Waals surface area contributed by atoms with Gasteiger partial charge in [0.15, 0.2) is 0 Å². The van der Waals surface area contributed by atoms with Gasteiger partial charge in [-0.25, -0.2) is 0 Å². The predicted molar refractivity (Wildman–Crippen MR) is 70.3 cm³/mol. The molecular formula is C14H21F2NO2. The van der Waals surface area contributed by atoms with Crippen molar-refractivity contribution in [1.82, 2.24) is 5.32 Å². The molecule has 108 valence electrons. The van der Waals surface area contributed by atoms with Gasteiger partial charge in [-0.05, 0) is 24.9 Å². The van der Waals surface area contributed by atoms with Gasteiger partial charge in [0.2, 0.25) is 0 Å². The first kappa shape index (κ1) is 15.9. The lowest BCUT2D eigenvalue weighted by atomic mass is 10.0. The van der Waals surface area contributed by atoms with Gasteiger partial charge in [0.1, 0.15) is 5.75 Å². The Kier molecular flexibility index (Phi) is 7.36. The standard InChI is InChI=1S/C14H21F2NO2/c1-2-11(7-8-18)9-17-10-12-5-3-4-6-13(12)19-14(15)16/h3-6,11,14,17-18H,2,7-10H2,1H3. The number of hydrogen-bond donors (Lipinski definition) is 2. The maximum Gasteiger partial charge on any atom is 0.387 e. The monoisotopic (exact) mass is 273 g/mol. The Morgan fingerprint density at radius 2 is 2.05 bits per heavy atom. The second kappa shape index (κ2) is 8.82. The van der Waals surface area contributed by atoms with Crippen molar-refractivity contribution < 1.29 is 18.6 Å². The summed E-state index contributed by atoms with van der Waals surface area (Å²) in [4.78, 5) is 0. The number of halogens is 2. The highest BCUT2D eigenvalue weighted by molar-refractivity contribution is 5.33. The summed E-state index contributed by atoms with van der Waals surface area (Å²) in [5, 5.41) is 12.1. The molecule has 1 atom stereocenters. The minimum Gasteiger partial charge on any atom is -0.434 e. The fraction of sp³-hybridized carbons (Fsp3) is 0.571. The average Bonchev–Trinajstić information content (AvgIpc) is 2.39. The highest BCUT2D eigenvalue weighted by Crippen LogP contribution is 2.20. The van der Waals surface area contributed by atoms with Crippen LogP contribution in [0.5, 0.6) is 5.75 Å². The second-order valence-electron chi connectivity index (χ2n) is 4.40. The molecule has 1 rings (SSSR count). The third-order valence-corrected chi connectivity index (χ3v) is 3.05. The Labute approximate surface area is 112 Å². The van der Waals surface area contributed by atoms with Crippen molar-refractivity contribution in [2.75, 3.05) is 13.2 Å². The number of aliphatic hydroxyl groups is 1. The summed E-state index contributed by atoms with van der Waals surface area (Å²) >= 11 is 0. The Morgan fingerprint density at radius 3 is 2.68 bits per heavy atom. The molecule has 0 amide bonds. The molecule has 0 bridgehead atoms. The van der Waals surface area contributed by atoms with Crippen molar-refractivity contribution in [3.63, 3.8) is 0 Å². The van der Waals surface area contributed by atoms with Crippen LogP contribution in [0.3, 0.4) is 0 Å². The maximum absolute atomic E-state index is 12.2. The van der Waals surface area contributed by atoms with Gasteiger partial charge in [0.25, 0.3) is 0 Å². The van der Waals surface area contributed by atoms with E-state index in [0.29, 0.717) is 18.0 Å². The Balaban J connectivity index is 2.48. The summed E-state index contributed by atoms with van der Waals surface area (Å²) in [6.45, 7) is 0.658. The highest BCUT2D eigenvalue weighted by atomic mass is 19.3. The molecule has 19 heavy (non-hydrogen) atoms. The van der Waals surface area contributed by atoms with Crippen LogP contribution in [0.4, 0.5) is 8.78 Å². The zero-order valence-electron chi connectivity index (χ0n) is 11.1. The van der Waals surface area contributed by atoms with Gasteiger partial charge >= 0.3 is 6.61 Å². The third-order valence-electron chi connectivity index (χ3n) is 3.05. The predicted octanol–water partition coefficient (Wildman–Crippen LogP) is 2.79. The second-order valence-corrected chi connectivity index (χ2v) is 4.40. The van der Waals surface area contributed by atoms with Crippen LogP contribution in [-0.2, 0) is 6.54 Å². The number of hydrogen-bond acceptors (Lipinski definition) is 3. The van der Waals surface area contributed by atoms with E-state index in [1.165, 1.54) is 6.07 Å². The Hall–Kier alpha value is -1.20. The number of benzene rings is 1. The highest BCUT2D eigenvalue weighted by Gasteiger charge is 2.10. The molecule has 1 aromatic rings.